The molecule has 8 heteroatoms. The summed E-state index contributed by atoms with van der Waals surface area (Å²) in [5.41, 5.74) is 0.197. The summed E-state index contributed by atoms with van der Waals surface area (Å²) in [6.07, 6.45) is 2.82. The van der Waals surface area contributed by atoms with Crippen LogP contribution < -0.4 is 9.47 Å². The van der Waals surface area contributed by atoms with E-state index in [-0.39, 0.29) is 47.0 Å². The summed E-state index contributed by atoms with van der Waals surface area (Å²) < 4.78 is 10.7. The van der Waals surface area contributed by atoms with Gasteiger partial charge in [-0.25, -0.2) is 0 Å². The highest BCUT2D eigenvalue weighted by molar-refractivity contribution is 5.83. The van der Waals surface area contributed by atoms with Crippen LogP contribution in [0, 0.1) is 0 Å². The van der Waals surface area contributed by atoms with E-state index in [1.807, 2.05) is 41.5 Å². The van der Waals surface area contributed by atoms with Crippen LogP contribution in [0.1, 0.15) is 105 Å². The van der Waals surface area contributed by atoms with Crippen LogP contribution in [0.2, 0.25) is 0 Å². The van der Waals surface area contributed by atoms with E-state index in [1.165, 1.54) is 12.1 Å². The lowest BCUT2D eigenvalue weighted by molar-refractivity contribution is -0.134. The third kappa shape index (κ3) is 8.17. The van der Waals surface area contributed by atoms with E-state index in [9.17, 15) is 29.4 Å². The molecule has 0 unspecified atom stereocenters. The van der Waals surface area contributed by atoms with Gasteiger partial charge in [-0.1, -0.05) is 48.0 Å². The quantitative estimate of drug-likeness (QED) is 0.177. The molecule has 0 aliphatic carbocycles. The molecule has 0 atom stereocenters. The maximum absolute atomic E-state index is 12.3. The number of carbonyl (C=O) groups excluding carboxylic acids is 4. The number of phenolic OH excluding ortho intramolecular Hbond substituents is 2. The molecule has 0 aliphatic rings. The van der Waals surface area contributed by atoms with Gasteiger partial charge in [-0.2, -0.15) is 0 Å². The molecule has 0 aromatic heterocycles. The molecule has 0 saturated carbocycles. The minimum absolute atomic E-state index is 0.0530. The van der Waals surface area contributed by atoms with E-state index in [2.05, 4.69) is 0 Å². The molecule has 0 saturated heterocycles. The van der Waals surface area contributed by atoms with Gasteiger partial charge in [0.2, 0.25) is 0 Å². The third-order valence-corrected chi connectivity index (χ3v) is 5.82. The Labute approximate surface area is 217 Å². The Bertz CT molecular complexity index is 1070. The van der Waals surface area contributed by atoms with Crippen molar-refractivity contribution >= 4 is 24.5 Å². The molecule has 0 aliphatic heterocycles. The molecule has 2 aromatic carbocycles. The molecular weight excluding hydrogens is 476 g/mol. The van der Waals surface area contributed by atoms with Crippen molar-refractivity contribution in [2.75, 3.05) is 0 Å². The zero-order valence-electron chi connectivity index (χ0n) is 22.3. The molecule has 37 heavy (non-hydrogen) atoms. The number of rotatable bonds is 10. The molecule has 2 aromatic rings. The third-order valence-electron chi connectivity index (χ3n) is 5.82. The lowest BCUT2D eigenvalue weighted by Crippen LogP contribution is -2.14. The van der Waals surface area contributed by atoms with Crippen LogP contribution >= 0.6 is 0 Å². The summed E-state index contributed by atoms with van der Waals surface area (Å²) in [6.45, 7) is 11.2. The van der Waals surface area contributed by atoms with Gasteiger partial charge in [0.15, 0.2) is 12.6 Å². The van der Waals surface area contributed by atoms with Gasteiger partial charge in [0.1, 0.15) is 23.0 Å². The second-order valence-electron chi connectivity index (χ2n) is 11.1. The van der Waals surface area contributed by atoms with E-state index in [1.54, 1.807) is 12.1 Å². The number of benzene rings is 2. The predicted molar refractivity (Wildman–Crippen MR) is 139 cm³/mol. The lowest BCUT2D eigenvalue weighted by Gasteiger charge is -2.22. The summed E-state index contributed by atoms with van der Waals surface area (Å²) >= 11 is 0. The fourth-order valence-corrected chi connectivity index (χ4v) is 3.78. The highest BCUT2D eigenvalue weighted by Gasteiger charge is 2.23. The summed E-state index contributed by atoms with van der Waals surface area (Å²) in [5.74, 6) is -0.833. The predicted octanol–water partition coefficient (Wildman–Crippen LogP) is 5.78. The van der Waals surface area contributed by atoms with Gasteiger partial charge < -0.3 is 19.7 Å². The number of esters is 2. The fraction of sp³-hybridized carbons (Fsp3) is 0.448. The second-order valence-corrected chi connectivity index (χ2v) is 11.1. The SMILES string of the molecule is CC(C)(C)c1cc(OC(=O)CCCCCC(=O)Oc2cc(C=O)c(O)c(C(C)(C)C)c2)cc(C=O)c1O. The van der Waals surface area contributed by atoms with Crippen LogP contribution in [0.4, 0.5) is 0 Å². The maximum Gasteiger partial charge on any atom is 0.311 e. The van der Waals surface area contributed by atoms with Crippen molar-refractivity contribution in [2.24, 2.45) is 0 Å². The average Bonchev–Trinajstić information content (AvgIpc) is 2.79. The first kappa shape index (κ1) is 29.5. The molecule has 8 nitrogen and oxygen atoms in total. The molecule has 0 bridgehead atoms. The Balaban J connectivity index is 1.87. The van der Waals surface area contributed by atoms with Crippen LogP contribution in [0.25, 0.3) is 0 Å². The molecule has 0 fully saturated rings. The van der Waals surface area contributed by atoms with E-state index in [0.717, 1.165) is 0 Å². The van der Waals surface area contributed by atoms with E-state index >= 15 is 0 Å². The van der Waals surface area contributed by atoms with Gasteiger partial charge in [0.25, 0.3) is 0 Å². The van der Waals surface area contributed by atoms with Crippen LogP contribution in [0.15, 0.2) is 24.3 Å². The highest BCUT2D eigenvalue weighted by Crippen LogP contribution is 2.37. The second kappa shape index (κ2) is 12.0. The fourth-order valence-electron chi connectivity index (χ4n) is 3.78. The topological polar surface area (TPSA) is 127 Å². The summed E-state index contributed by atoms with van der Waals surface area (Å²) in [4.78, 5) is 47.2. The van der Waals surface area contributed by atoms with Gasteiger partial charge in [-0.05, 0) is 47.9 Å². The van der Waals surface area contributed by atoms with Crippen molar-refractivity contribution in [1.82, 2.24) is 0 Å². The number of ether oxygens (including phenoxy) is 2. The van der Waals surface area contributed by atoms with Crippen LogP contribution in [0.3, 0.4) is 0 Å². The summed E-state index contributed by atoms with van der Waals surface area (Å²) in [5, 5.41) is 20.5. The van der Waals surface area contributed by atoms with Crippen LogP contribution in [0.5, 0.6) is 23.0 Å². The van der Waals surface area contributed by atoms with Crippen molar-refractivity contribution in [3.8, 4) is 23.0 Å². The van der Waals surface area contributed by atoms with Crippen molar-refractivity contribution in [3.63, 3.8) is 0 Å². The summed E-state index contributed by atoms with van der Waals surface area (Å²) in [6, 6.07) is 5.77. The Hall–Kier alpha value is -3.68. The zero-order chi connectivity index (χ0) is 28.0. The number of hydrogen-bond donors (Lipinski definition) is 2. The van der Waals surface area contributed by atoms with Crippen molar-refractivity contribution < 1.29 is 38.9 Å². The number of carbonyl (C=O) groups is 4. The van der Waals surface area contributed by atoms with Gasteiger partial charge in [-0.3, -0.25) is 19.2 Å². The molecule has 0 spiro atoms. The number of aromatic hydroxyl groups is 2. The normalized spacial score (nSPS) is 11.6. The smallest absolute Gasteiger partial charge is 0.311 e. The van der Waals surface area contributed by atoms with Crippen LogP contribution in [-0.4, -0.2) is 34.7 Å². The number of unbranched alkanes of at least 4 members (excludes halogenated alkanes) is 2. The monoisotopic (exact) mass is 512 g/mol. The Morgan fingerprint density at radius 1 is 0.676 bits per heavy atom. The molecule has 0 radical (unpaired) electrons. The van der Waals surface area contributed by atoms with Crippen molar-refractivity contribution in [3.05, 3.63) is 46.5 Å². The van der Waals surface area contributed by atoms with Gasteiger partial charge in [0.05, 0.1) is 11.1 Å². The van der Waals surface area contributed by atoms with Gasteiger partial charge in [-0.15, -0.1) is 0 Å². The Morgan fingerprint density at radius 3 is 1.32 bits per heavy atom. The van der Waals surface area contributed by atoms with Gasteiger partial charge >= 0.3 is 11.9 Å². The number of aldehydes is 2. The highest BCUT2D eigenvalue weighted by atomic mass is 16.5. The molecule has 2 rings (SSSR count). The number of phenols is 2. The number of hydrogen-bond acceptors (Lipinski definition) is 8. The molecule has 0 amide bonds. The maximum atomic E-state index is 12.3. The molecule has 200 valence electrons. The van der Waals surface area contributed by atoms with Gasteiger partial charge in [0, 0.05) is 24.0 Å². The minimum atomic E-state index is -0.481. The van der Waals surface area contributed by atoms with E-state index < -0.39 is 22.8 Å². The lowest BCUT2D eigenvalue weighted by atomic mass is 9.85. The van der Waals surface area contributed by atoms with Crippen LogP contribution in [-0.2, 0) is 20.4 Å². The van der Waals surface area contributed by atoms with E-state index in [4.69, 9.17) is 9.47 Å². The zero-order valence-corrected chi connectivity index (χ0v) is 22.3. The van der Waals surface area contributed by atoms with Crippen molar-refractivity contribution in [2.45, 2.75) is 84.5 Å². The van der Waals surface area contributed by atoms with E-state index in [0.29, 0.717) is 43.0 Å². The first-order valence-corrected chi connectivity index (χ1v) is 12.2. The first-order valence-electron chi connectivity index (χ1n) is 12.2. The molecule has 0 heterocycles. The Kier molecular flexibility index (Phi) is 9.61. The van der Waals surface area contributed by atoms with Crippen molar-refractivity contribution in [1.29, 1.82) is 0 Å². The molecular formula is C29H36O8. The standard InChI is InChI=1S/C29H36O8/c1-28(2,3)22-14-20(12-18(16-30)26(22)34)36-24(32)10-8-7-9-11-25(33)37-21-13-19(17-31)27(35)23(15-21)29(4,5)6/h12-17,34-35H,7-11H2,1-6H3. The minimum Gasteiger partial charge on any atom is -0.507 e. The average molecular weight is 513 g/mol. The molecule has 2 N–H and O–H groups in total. The summed E-state index contributed by atoms with van der Waals surface area (Å²) in [7, 11) is 0. The first-order chi connectivity index (χ1) is 17.2. The largest absolute Gasteiger partial charge is 0.507 e. The Morgan fingerprint density at radius 2 is 1.03 bits per heavy atom.